The van der Waals surface area contributed by atoms with E-state index in [1.54, 1.807) is 30.7 Å². The zero-order valence-corrected chi connectivity index (χ0v) is 21.0. The van der Waals surface area contributed by atoms with E-state index in [9.17, 15) is 13.6 Å². The maximum absolute atomic E-state index is 13.1. The van der Waals surface area contributed by atoms with Crippen molar-refractivity contribution in [2.75, 3.05) is 31.3 Å². The lowest BCUT2D eigenvalue weighted by Gasteiger charge is -2.59. The predicted molar refractivity (Wildman–Crippen MR) is 131 cm³/mol. The van der Waals surface area contributed by atoms with Crippen molar-refractivity contribution < 1.29 is 18.3 Å². The van der Waals surface area contributed by atoms with Crippen molar-refractivity contribution >= 4 is 23.5 Å². The zero-order chi connectivity index (χ0) is 25.7. The summed E-state index contributed by atoms with van der Waals surface area (Å²) in [6.07, 6.45) is 4.85. The third-order valence-electron chi connectivity index (χ3n) is 7.67. The van der Waals surface area contributed by atoms with Crippen molar-refractivity contribution in [3.05, 3.63) is 59.0 Å². The van der Waals surface area contributed by atoms with Gasteiger partial charge in [-0.3, -0.25) is 14.5 Å². The van der Waals surface area contributed by atoms with Crippen LogP contribution in [0.1, 0.15) is 48.9 Å². The molecule has 9 nitrogen and oxygen atoms in total. The van der Waals surface area contributed by atoms with Gasteiger partial charge in [-0.05, 0) is 43.5 Å². The van der Waals surface area contributed by atoms with Gasteiger partial charge in [0.25, 0.3) is 0 Å². The second kappa shape index (κ2) is 9.20. The van der Waals surface area contributed by atoms with Crippen LogP contribution in [0, 0.1) is 5.41 Å². The summed E-state index contributed by atoms with van der Waals surface area (Å²) < 4.78 is 33.2. The number of benzene rings is 1. The molecule has 3 aromatic rings. The van der Waals surface area contributed by atoms with Crippen LogP contribution in [-0.2, 0) is 11.3 Å². The summed E-state index contributed by atoms with van der Waals surface area (Å²) >= 11 is 6.30. The van der Waals surface area contributed by atoms with Crippen LogP contribution in [0.5, 0.6) is 0 Å². The quantitative estimate of drug-likeness (QED) is 0.483. The number of alkyl halides is 2. The lowest BCUT2D eigenvalue weighted by Crippen LogP contribution is -2.62. The Balaban J connectivity index is 1.27. The van der Waals surface area contributed by atoms with Crippen molar-refractivity contribution in [3.8, 4) is 5.69 Å². The van der Waals surface area contributed by atoms with E-state index in [2.05, 4.69) is 25.1 Å². The molecule has 1 saturated carbocycles. The number of aromatic nitrogens is 5. The number of hydrogen-bond donors (Lipinski definition) is 0. The Morgan fingerprint density at radius 2 is 1.95 bits per heavy atom. The molecule has 12 heteroatoms. The van der Waals surface area contributed by atoms with Gasteiger partial charge in [-0.1, -0.05) is 11.6 Å². The fourth-order valence-corrected chi connectivity index (χ4v) is 5.99. The average molecular weight is 530 g/mol. The second-order valence-electron chi connectivity index (χ2n) is 10.2. The Bertz CT molecular complexity index is 1310. The van der Waals surface area contributed by atoms with Crippen LogP contribution in [0.4, 0.5) is 19.4 Å². The van der Waals surface area contributed by atoms with Gasteiger partial charge in [0.05, 0.1) is 24.5 Å². The summed E-state index contributed by atoms with van der Waals surface area (Å²) in [5, 5.41) is 9.57. The number of carbonyl (C=O) groups is 1. The van der Waals surface area contributed by atoms with Crippen LogP contribution in [0.2, 0.25) is 5.02 Å². The fraction of sp³-hybridized carbons (Fsp3) is 0.480. The third kappa shape index (κ3) is 4.09. The first-order valence-electron chi connectivity index (χ1n) is 12.3. The maximum atomic E-state index is 13.1. The van der Waals surface area contributed by atoms with Gasteiger partial charge < -0.3 is 9.64 Å². The second-order valence-corrected chi connectivity index (χ2v) is 10.6. The fourth-order valence-electron chi connectivity index (χ4n) is 5.79. The highest BCUT2D eigenvalue weighted by atomic mass is 35.5. The molecule has 0 N–H and O–H groups in total. The van der Waals surface area contributed by atoms with E-state index in [0.717, 1.165) is 48.8 Å². The molecule has 37 heavy (non-hydrogen) atoms. The summed E-state index contributed by atoms with van der Waals surface area (Å²) in [4.78, 5) is 25.2. The maximum Gasteiger partial charge on any atom is 0.411 e. The molecule has 194 valence electrons. The van der Waals surface area contributed by atoms with Gasteiger partial charge in [-0.25, -0.2) is 18.6 Å². The highest BCUT2D eigenvalue weighted by Gasteiger charge is 2.54. The molecule has 1 saturated heterocycles. The molecule has 1 aliphatic carbocycles. The molecule has 1 aromatic carbocycles. The van der Waals surface area contributed by atoms with Crippen LogP contribution in [0.3, 0.4) is 0 Å². The Kier molecular flexibility index (Phi) is 5.97. The standard InChI is InChI=1S/C25H26ClF2N7O2/c1-15-22-31-32-23(17-7-25(8-17)13-33(14-25)21-11-29-4-5-30-21)35(22)20-3-2-18(26)6-16(20)12-34(15)24(36)37-19(9-27)10-28/h2-6,11,15,17,19H,7-10,12-14H2,1H3. The minimum atomic E-state index is -1.44. The molecule has 6 rings (SSSR count). The van der Waals surface area contributed by atoms with E-state index in [1.807, 2.05) is 17.6 Å². The van der Waals surface area contributed by atoms with Gasteiger partial charge in [-0.15, -0.1) is 10.2 Å². The summed E-state index contributed by atoms with van der Waals surface area (Å²) in [5.74, 6) is 2.51. The largest absolute Gasteiger partial charge is 0.440 e. The number of hydrogen-bond acceptors (Lipinski definition) is 7. The molecule has 4 heterocycles. The van der Waals surface area contributed by atoms with Gasteiger partial charge in [0.15, 0.2) is 11.9 Å². The predicted octanol–water partition coefficient (Wildman–Crippen LogP) is 4.42. The molecule has 1 atom stereocenters. The van der Waals surface area contributed by atoms with Gasteiger partial charge in [0.1, 0.15) is 25.0 Å². The number of nitrogens with zero attached hydrogens (tertiary/aromatic N) is 7. The van der Waals surface area contributed by atoms with E-state index in [0.29, 0.717) is 10.8 Å². The molecular formula is C25H26ClF2N7O2. The molecule has 0 bridgehead atoms. The molecule has 3 aliphatic rings. The molecule has 2 aliphatic heterocycles. The van der Waals surface area contributed by atoms with Crippen molar-refractivity contribution in [1.82, 2.24) is 29.6 Å². The van der Waals surface area contributed by atoms with E-state index >= 15 is 0 Å². The summed E-state index contributed by atoms with van der Waals surface area (Å²) in [6, 6.07) is 4.94. The highest BCUT2D eigenvalue weighted by Crippen LogP contribution is 2.56. The SMILES string of the molecule is CC1c2nnc(C3CC4(C3)CN(c3cnccn3)C4)n2-c2ccc(Cl)cc2CN1C(=O)OC(CF)CF. The third-order valence-corrected chi connectivity index (χ3v) is 7.91. The van der Waals surface area contributed by atoms with E-state index < -0.39 is 31.6 Å². The summed E-state index contributed by atoms with van der Waals surface area (Å²) in [7, 11) is 0. The number of ether oxygens (including phenoxy) is 1. The first-order valence-corrected chi connectivity index (χ1v) is 12.6. The molecular weight excluding hydrogens is 504 g/mol. The number of amides is 1. The van der Waals surface area contributed by atoms with Crippen LogP contribution in [0.25, 0.3) is 5.69 Å². The van der Waals surface area contributed by atoms with E-state index in [1.165, 1.54) is 4.90 Å². The van der Waals surface area contributed by atoms with Crippen LogP contribution in [-0.4, -0.2) is 68.3 Å². The number of fused-ring (bicyclic) bond motifs is 3. The number of carbonyl (C=O) groups excluding carboxylic acids is 1. The monoisotopic (exact) mass is 529 g/mol. The summed E-state index contributed by atoms with van der Waals surface area (Å²) in [5.41, 5.74) is 1.83. The average Bonchev–Trinajstić information content (AvgIpc) is 3.24. The Hall–Kier alpha value is -3.34. The first kappa shape index (κ1) is 24.0. The molecule has 0 radical (unpaired) electrons. The van der Waals surface area contributed by atoms with E-state index in [-0.39, 0.29) is 17.9 Å². The molecule has 1 spiro atoms. The minimum Gasteiger partial charge on any atom is -0.440 e. The molecule has 1 unspecified atom stereocenters. The Morgan fingerprint density at radius 1 is 1.19 bits per heavy atom. The summed E-state index contributed by atoms with van der Waals surface area (Å²) in [6.45, 7) is 1.64. The topological polar surface area (TPSA) is 89.3 Å². The molecule has 2 fully saturated rings. The van der Waals surface area contributed by atoms with Gasteiger partial charge >= 0.3 is 6.09 Å². The van der Waals surface area contributed by atoms with Crippen LogP contribution < -0.4 is 4.90 Å². The first-order chi connectivity index (χ1) is 17.9. The van der Waals surface area contributed by atoms with Crippen molar-refractivity contribution in [2.24, 2.45) is 5.41 Å². The van der Waals surface area contributed by atoms with Gasteiger partial charge in [-0.2, -0.15) is 0 Å². The van der Waals surface area contributed by atoms with Crippen molar-refractivity contribution in [3.63, 3.8) is 0 Å². The lowest BCUT2D eigenvalue weighted by atomic mass is 9.57. The lowest BCUT2D eigenvalue weighted by molar-refractivity contribution is 0.0286. The van der Waals surface area contributed by atoms with Crippen LogP contribution in [0.15, 0.2) is 36.8 Å². The van der Waals surface area contributed by atoms with Crippen molar-refractivity contribution in [1.29, 1.82) is 0 Å². The molecule has 1 amide bonds. The number of anilines is 1. The Labute approximate surface area is 217 Å². The van der Waals surface area contributed by atoms with E-state index in [4.69, 9.17) is 16.3 Å². The Morgan fingerprint density at radius 3 is 2.65 bits per heavy atom. The molecule has 2 aromatic heterocycles. The minimum absolute atomic E-state index is 0.158. The van der Waals surface area contributed by atoms with Crippen LogP contribution >= 0.6 is 11.6 Å². The smallest absolute Gasteiger partial charge is 0.411 e. The normalized spacial score (nSPS) is 20.2. The highest BCUT2D eigenvalue weighted by molar-refractivity contribution is 6.30. The van der Waals surface area contributed by atoms with Gasteiger partial charge in [0, 0.05) is 41.8 Å². The number of rotatable bonds is 5. The van der Waals surface area contributed by atoms with Gasteiger partial charge in [0.2, 0.25) is 0 Å². The van der Waals surface area contributed by atoms with Crippen molar-refractivity contribution in [2.45, 2.75) is 44.4 Å². The zero-order valence-electron chi connectivity index (χ0n) is 20.2. The number of halogens is 3.